The molecule has 0 heterocycles. The molecule has 0 aliphatic rings. The molecule has 0 saturated heterocycles. The number of hydrogen-bond acceptors (Lipinski definition) is 1. The van der Waals surface area contributed by atoms with Crippen LogP contribution in [-0.4, -0.2) is 5.75 Å². The van der Waals surface area contributed by atoms with Gasteiger partial charge in [-0.2, -0.15) is 11.8 Å². The number of rotatable bonds is 7. The summed E-state index contributed by atoms with van der Waals surface area (Å²) in [7, 11) is 0. The van der Waals surface area contributed by atoms with E-state index in [1.807, 2.05) is 11.8 Å². The van der Waals surface area contributed by atoms with Gasteiger partial charge in [0.15, 0.2) is 0 Å². The molecule has 0 spiro atoms. The van der Waals surface area contributed by atoms with Crippen molar-refractivity contribution < 1.29 is 0 Å². The molecule has 1 heteroatoms. The molecule has 0 aliphatic heterocycles. The second-order valence-corrected chi connectivity index (χ2v) is 9.09. The lowest BCUT2D eigenvalue weighted by Crippen LogP contribution is -2.45. The number of thioether (sulfide) groups is 1. The molecule has 140 valence electrons. The third-order valence-electron chi connectivity index (χ3n) is 6.20. The molecule has 0 saturated carbocycles. The van der Waals surface area contributed by atoms with Crippen molar-refractivity contribution in [3.8, 4) is 0 Å². The molecule has 0 radical (unpaired) electrons. The minimum Gasteiger partial charge on any atom is -0.156 e. The van der Waals surface area contributed by atoms with Crippen molar-refractivity contribution in [3.05, 3.63) is 107 Å². The average Bonchev–Trinajstić information content (AvgIpc) is 2.70. The van der Waals surface area contributed by atoms with E-state index in [-0.39, 0.29) is 10.8 Å². The van der Waals surface area contributed by atoms with E-state index in [1.165, 1.54) is 22.3 Å². The third-order valence-corrected chi connectivity index (χ3v) is 7.49. The summed E-state index contributed by atoms with van der Waals surface area (Å²) in [5, 5.41) is 0. The minimum atomic E-state index is 0.0222. The van der Waals surface area contributed by atoms with Gasteiger partial charge in [-0.1, -0.05) is 106 Å². The summed E-state index contributed by atoms with van der Waals surface area (Å²) < 4.78 is 0. The maximum absolute atomic E-state index is 2.43. The van der Waals surface area contributed by atoms with E-state index in [0.717, 1.165) is 11.5 Å². The Morgan fingerprint density at radius 3 is 1.78 bits per heavy atom. The molecular formula is C26H30S. The molecule has 27 heavy (non-hydrogen) atoms. The van der Waals surface area contributed by atoms with Crippen LogP contribution in [0, 0.1) is 6.92 Å². The number of benzene rings is 3. The second-order valence-electron chi connectivity index (χ2n) is 8.11. The summed E-state index contributed by atoms with van der Waals surface area (Å²) in [6.07, 6.45) is 0. The SMILES string of the molecule is Cc1ccccc1CSC[C@](C)(c1ccccc1)C(C)(C)c1ccccc1. The highest BCUT2D eigenvalue weighted by Crippen LogP contribution is 2.46. The second kappa shape index (κ2) is 8.35. The molecular weight excluding hydrogens is 344 g/mol. The minimum absolute atomic E-state index is 0.0222. The van der Waals surface area contributed by atoms with Gasteiger partial charge in [0, 0.05) is 16.9 Å². The van der Waals surface area contributed by atoms with Gasteiger partial charge >= 0.3 is 0 Å². The normalized spacial score (nSPS) is 13.9. The fourth-order valence-electron chi connectivity index (χ4n) is 3.74. The molecule has 0 amide bonds. The summed E-state index contributed by atoms with van der Waals surface area (Å²) in [6.45, 7) is 9.42. The molecule has 3 aromatic rings. The van der Waals surface area contributed by atoms with Gasteiger partial charge in [0.25, 0.3) is 0 Å². The highest BCUT2D eigenvalue weighted by atomic mass is 32.2. The summed E-state index contributed by atoms with van der Waals surface area (Å²) in [6, 6.07) is 30.7. The zero-order valence-corrected chi connectivity index (χ0v) is 17.7. The highest BCUT2D eigenvalue weighted by Gasteiger charge is 2.43. The van der Waals surface area contributed by atoms with E-state index in [0.29, 0.717) is 0 Å². The first-order chi connectivity index (χ1) is 12.9. The van der Waals surface area contributed by atoms with Crippen molar-refractivity contribution in [1.82, 2.24) is 0 Å². The standard InChI is InChI=1S/C26H30S/c1-21-13-11-12-14-22(21)19-27-20-26(4,24-17-9-6-10-18-24)25(2,3)23-15-7-5-8-16-23/h5-18H,19-20H2,1-4H3/t26-/m1/s1. The van der Waals surface area contributed by atoms with Gasteiger partial charge in [-0.05, 0) is 34.6 Å². The van der Waals surface area contributed by atoms with E-state index in [1.54, 1.807) is 0 Å². The number of aryl methyl sites for hydroxylation is 1. The summed E-state index contributed by atoms with van der Waals surface area (Å²) in [5.74, 6) is 2.13. The Morgan fingerprint density at radius 2 is 1.19 bits per heavy atom. The molecule has 0 aliphatic carbocycles. The monoisotopic (exact) mass is 374 g/mol. The van der Waals surface area contributed by atoms with Crippen LogP contribution in [0.15, 0.2) is 84.9 Å². The summed E-state index contributed by atoms with van der Waals surface area (Å²) in [5.41, 5.74) is 5.69. The molecule has 0 fully saturated rings. The molecule has 3 rings (SSSR count). The maximum Gasteiger partial charge on any atom is 0.0187 e. The van der Waals surface area contributed by atoms with E-state index < -0.39 is 0 Å². The van der Waals surface area contributed by atoms with Crippen molar-refractivity contribution in [2.45, 2.75) is 44.3 Å². The van der Waals surface area contributed by atoms with Crippen LogP contribution in [0.5, 0.6) is 0 Å². The maximum atomic E-state index is 2.43. The van der Waals surface area contributed by atoms with Crippen molar-refractivity contribution in [1.29, 1.82) is 0 Å². The molecule has 0 bridgehead atoms. The van der Waals surface area contributed by atoms with Gasteiger partial charge in [-0.3, -0.25) is 0 Å². The van der Waals surface area contributed by atoms with Crippen LogP contribution in [0.25, 0.3) is 0 Å². The Balaban J connectivity index is 1.90. The van der Waals surface area contributed by atoms with Crippen LogP contribution < -0.4 is 0 Å². The number of hydrogen-bond donors (Lipinski definition) is 0. The van der Waals surface area contributed by atoms with Crippen LogP contribution in [0.1, 0.15) is 43.0 Å². The van der Waals surface area contributed by atoms with E-state index in [9.17, 15) is 0 Å². The van der Waals surface area contributed by atoms with Crippen molar-refractivity contribution in [2.24, 2.45) is 0 Å². The molecule has 0 aromatic heterocycles. The van der Waals surface area contributed by atoms with E-state index >= 15 is 0 Å². The van der Waals surface area contributed by atoms with Crippen LogP contribution >= 0.6 is 11.8 Å². The van der Waals surface area contributed by atoms with E-state index in [2.05, 4.69) is 113 Å². The smallest absolute Gasteiger partial charge is 0.0187 e. The topological polar surface area (TPSA) is 0 Å². The Hall–Kier alpha value is -1.99. The predicted molar refractivity (Wildman–Crippen MR) is 121 cm³/mol. The van der Waals surface area contributed by atoms with Gasteiger partial charge in [0.05, 0.1) is 0 Å². The lowest BCUT2D eigenvalue weighted by molar-refractivity contribution is 0.309. The molecule has 3 aromatic carbocycles. The van der Waals surface area contributed by atoms with Crippen molar-refractivity contribution in [3.63, 3.8) is 0 Å². The summed E-state index contributed by atoms with van der Waals surface area (Å²) >= 11 is 2.04. The quantitative estimate of drug-likeness (QED) is 0.422. The highest BCUT2D eigenvalue weighted by molar-refractivity contribution is 7.98. The molecule has 0 unspecified atom stereocenters. The van der Waals surface area contributed by atoms with E-state index in [4.69, 9.17) is 0 Å². The first-order valence-corrected chi connectivity index (χ1v) is 10.8. The van der Waals surface area contributed by atoms with Crippen LogP contribution in [0.4, 0.5) is 0 Å². The summed E-state index contributed by atoms with van der Waals surface area (Å²) in [4.78, 5) is 0. The average molecular weight is 375 g/mol. The Morgan fingerprint density at radius 1 is 0.667 bits per heavy atom. The van der Waals surface area contributed by atoms with Crippen molar-refractivity contribution in [2.75, 3.05) is 5.75 Å². The van der Waals surface area contributed by atoms with Gasteiger partial charge < -0.3 is 0 Å². The third kappa shape index (κ3) is 4.14. The Bertz CT molecular complexity index is 852. The van der Waals surface area contributed by atoms with Gasteiger partial charge in [-0.25, -0.2) is 0 Å². The predicted octanol–water partition coefficient (Wildman–Crippen LogP) is 7.16. The molecule has 0 N–H and O–H groups in total. The Kier molecular flexibility index (Phi) is 6.11. The fraction of sp³-hybridized carbons (Fsp3) is 0.308. The lowest BCUT2D eigenvalue weighted by Gasteiger charge is -2.45. The van der Waals surface area contributed by atoms with Gasteiger partial charge in [0.2, 0.25) is 0 Å². The first kappa shape index (κ1) is 19.8. The zero-order valence-electron chi connectivity index (χ0n) is 16.9. The molecule has 1 atom stereocenters. The van der Waals surface area contributed by atoms with Crippen LogP contribution in [0.2, 0.25) is 0 Å². The largest absolute Gasteiger partial charge is 0.156 e. The van der Waals surface area contributed by atoms with Crippen LogP contribution in [0.3, 0.4) is 0 Å². The van der Waals surface area contributed by atoms with Crippen LogP contribution in [-0.2, 0) is 16.6 Å². The van der Waals surface area contributed by atoms with Gasteiger partial charge in [0.1, 0.15) is 0 Å². The lowest BCUT2D eigenvalue weighted by atomic mass is 9.61. The van der Waals surface area contributed by atoms with Crippen molar-refractivity contribution >= 4 is 11.8 Å². The fourth-order valence-corrected chi connectivity index (χ4v) is 5.32. The first-order valence-electron chi connectivity index (χ1n) is 9.68. The molecule has 0 nitrogen and oxygen atoms in total. The zero-order chi connectivity index (χ0) is 19.3. The Labute approximate surface area is 169 Å². The van der Waals surface area contributed by atoms with Gasteiger partial charge in [-0.15, -0.1) is 0 Å².